The van der Waals surface area contributed by atoms with E-state index in [1.54, 1.807) is 6.92 Å². The summed E-state index contributed by atoms with van der Waals surface area (Å²) in [6.07, 6.45) is 4.64. The Balaban J connectivity index is 1.72. The van der Waals surface area contributed by atoms with Crippen LogP contribution in [0.25, 0.3) is 10.8 Å². The molecule has 1 amide bonds. The van der Waals surface area contributed by atoms with Crippen molar-refractivity contribution in [2.75, 3.05) is 0 Å². The third-order valence-corrected chi connectivity index (χ3v) is 5.56. The highest BCUT2D eigenvalue weighted by Crippen LogP contribution is 2.29. The van der Waals surface area contributed by atoms with Crippen LogP contribution >= 0.6 is 11.3 Å². The number of carbonyl (C=O) groups is 2. The smallest absolute Gasteiger partial charge is 0.329 e. The van der Waals surface area contributed by atoms with Crippen molar-refractivity contribution in [3.8, 4) is 10.8 Å². The second-order valence-electron chi connectivity index (χ2n) is 6.53. The molecule has 1 saturated carbocycles. The van der Waals surface area contributed by atoms with Gasteiger partial charge in [0.05, 0.1) is 17.0 Å². The van der Waals surface area contributed by atoms with Crippen molar-refractivity contribution in [3.63, 3.8) is 0 Å². The molecule has 2 heterocycles. The molecule has 1 aliphatic carbocycles. The lowest BCUT2D eigenvalue weighted by molar-refractivity contribution is -0.148. The first-order valence-electron chi connectivity index (χ1n) is 8.55. The third kappa shape index (κ3) is 3.92. The fraction of sp³-hybridized carbons (Fsp3) is 0.500. The van der Waals surface area contributed by atoms with Crippen molar-refractivity contribution in [2.45, 2.75) is 57.4 Å². The minimum atomic E-state index is -1.15. The Kier molecular flexibility index (Phi) is 5.22. The molecule has 2 N–H and O–H groups in total. The fourth-order valence-electron chi connectivity index (χ4n) is 3.29. The van der Waals surface area contributed by atoms with Crippen molar-refractivity contribution < 1.29 is 19.1 Å². The van der Waals surface area contributed by atoms with Gasteiger partial charge in [0.15, 0.2) is 0 Å². The Morgan fingerprint density at radius 2 is 2.04 bits per heavy atom. The van der Waals surface area contributed by atoms with Crippen LogP contribution in [-0.4, -0.2) is 27.5 Å². The van der Waals surface area contributed by atoms with Gasteiger partial charge in [-0.25, -0.2) is 9.78 Å². The molecule has 6 nitrogen and oxygen atoms in total. The van der Waals surface area contributed by atoms with Crippen LogP contribution in [0.5, 0.6) is 0 Å². The molecule has 0 unspecified atom stereocenters. The van der Waals surface area contributed by atoms with Crippen LogP contribution in [0.15, 0.2) is 21.9 Å². The van der Waals surface area contributed by atoms with Gasteiger partial charge in [-0.2, -0.15) is 0 Å². The van der Waals surface area contributed by atoms with E-state index in [9.17, 15) is 14.7 Å². The van der Waals surface area contributed by atoms with E-state index >= 15 is 0 Å². The molecule has 0 aromatic carbocycles. The highest BCUT2D eigenvalue weighted by Gasteiger charge is 2.40. The van der Waals surface area contributed by atoms with Gasteiger partial charge in [0, 0.05) is 0 Å². The van der Waals surface area contributed by atoms with Crippen molar-refractivity contribution in [1.29, 1.82) is 0 Å². The van der Waals surface area contributed by atoms with E-state index in [4.69, 9.17) is 4.42 Å². The number of hydrogen-bond donors (Lipinski definition) is 2. The number of nitrogens with zero attached hydrogens (tertiary/aromatic N) is 1. The number of oxazole rings is 1. The highest BCUT2D eigenvalue weighted by atomic mass is 32.1. The van der Waals surface area contributed by atoms with Crippen LogP contribution in [0.2, 0.25) is 0 Å². The lowest BCUT2D eigenvalue weighted by Gasteiger charge is -2.29. The molecule has 2 aromatic heterocycles. The number of aryl methyl sites for hydroxylation is 1. The predicted octanol–water partition coefficient (Wildman–Crippen LogP) is 3.55. The average Bonchev–Trinajstić information content (AvgIpc) is 3.14. The zero-order valence-electron chi connectivity index (χ0n) is 14.2. The molecule has 0 bridgehead atoms. The molecule has 0 saturated heterocycles. The van der Waals surface area contributed by atoms with Crippen molar-refractivity contribution >= 4 is 23.2 Å². The SMILES string of the molecule is Cc1oc(-c2cccs2)nc1CC(=O)NC1(C(=O)O)CCCCCC1. The molecular weight excluding hydrogens is 340 g/mol. The number of hydrogen-bond acceptors (Lipinski definition) is 5. The van der Waals surface area contributed by atoms with Gasteiger partial charge in [-0.15, -0.1) is 11.3 Å². The monoisotopic (exact) mass is 362 g/mol. The van der Waals surface area contributed by atoms with Gasteiger partial charge in [0.2, 0.25) is 11.8 Å². The lowest BCUT2D eigenvalue weighted by atomic mass is 9.90. The number of aromatic nitrogens is 1. The fourth-order valence-corrected chi connectivity index (χ4v) is 3.93. The number of carboxylic acids is 1. The van der Waals surface area contributed by atoms with Crippen LogP contribution in [0, 0.1) is 6.92 Å². The lowest BCUT2D eigenvalue weighted by Crippen LogP contribution is -2.54. The number of carboxylic acid groups (broad SMARTS) is 1. The molecule has 0 spiro atoms. The van der Waals surface area contributed by atoms with Gasteiger partial charge in [-0.3, -0.25) is 4.79 Å². The minimum absolute atomic E-state index is 0.0236. The maximum atomic E-state index is 12.5. The van der Waals surface area contributed by atoms with Gasteiger partial charge in [0.1, 0.15) is 11.3 Å². The molecule has 7 heteroatoms. The van der Waals surface area contributed by atoms with Crippen LogP contribution in [-0.2, 0) is 16.0 Å². The summed E-state index contributed by atoms with van der Waals surface area (Å²) in [6.45, 7) is 1.77. The zero-order chi connectivity index (χ0) is 17.9. The molecule has 3 rings (SSSR count). The summed E-state index contributed by atoms with van der Waals surface area (Å²) in [5.41, 5.74) is -0.600. The molecule has 0 radical (unpaired) electrons. The van der Waals surface area contributed by atoms with E-state index in [-0.39, 0.29) is 12.3 Å². The van der Waals surface area contributed by atoms with E-state index in [1.165, 1.54) is 11.3 Å². The predicted molar refractivity (Wildman–Crippen MR) is 94.5 cm³/mol. The summed E-state index contributed by atoms with van der Waals surface area (Å²) in [5, 5.41) is 14.4. The second kappa shape index (κ2) is 7.39. The summed E-state index contributed by atoms with van der Waals surface area (Å²) in [6, 6.07) is 3.82. The van der Waals surface area contributed by atoms with E-state index in [1.807, 2.05) is 17.5 Å². The first-order chi connectivity index (χ1) is 12.0. The number of amides is 1. The molecule has 0 atom stereocenters. The Morgan fingerprint density at radius 1 is 1.32 bits per heavy atom. The number of thiophene rings is 1. The van der Waals surface area contributed by atoms with E-state index < -0.39 is 11.5 Å². The average molecular weight is 362 g/mol. The van der Waals surface area contributed by atoms with Gasteiger partial charge in [-0.05, 0) is 31.2 Å². The van der Waals surface area contributed by atoms with Crippen molar-refractivity contribution in [3.05, 3.63) is 29.0 Å². The summed E-state index contributed by atoms with van der Waals surface area (Å²) in [4.78, 5) is 29.6. The maximum Gasteiger partial charge on any atom is 0.329 e. The molecule has 1 fully saturated rings. The molecular formula is C18H22N2O4S. The van der Waals surface area contributed by atoms with Crippen LogP contribution in [0.1, 0.15) is 50.0 Å². The van der Waals surface area contributed by atoms with E-state index in [0.717, 1.165) is 30.6 Å². The van der Waals surface area contributed by atoms with Gasteiger partial charge >= 0.3 is 5.97 Å². The highest BCUT2D eigenvalue weighted by molar-refractivity contribution is 7.13. The molecule has 2 aromatic rings. The van der Waals surface area contributed by atoms with E-state index in [2.05, 4.69) is 10.3 Å². The number of aliphatic carboxylic acids is 1. The number of rotatable bonds is 5. The van der Waals surface area contributed by atoms with Gasteiger partial charge in [-0.1, -0.05) is 31.7 Å². The third-order valence-electron chi connectivity index (χ3n) is 4.70. The summed E-state index contributed by atoms with van der Waals surface area (Å²) in [5.74, 6) is -0.182. The molecule has 1 aliphatic rings. The Labute approximate surface area is 150 Å². The topological polar surface area (TPSA) is 92.4 Å². The van der Waals surface area contributed by atoms with Crippen molar-refractivity contribution in [1.82, 2.24) is 10.3 Å². The summed E-state index contributed by atoms with van der Waals surface area (Å²) in [7, 11) is 0. The molecule has 0 aliphatic heterocycles. The van der Waals surface area contributed by atoms with Gasteiger partial charge in [0.25, 0.3) is 0 Å². The van der Waals surface area contributed by atoms with Crippen LogP contribution < -0.4 is 5.32 Å². The minimum Gasteiger partial charge on any atom is -0.480 e. The molecule has 25 heavy (non-hydrogen) atoms. The van der Waals surface area contributed by atoms with Gasteiger partial charge < -0.3 is 14.8 Å². The first-order valence-corrected chi connectivity index (χ1v) is 9.43. The van der Waals surface area contributed by atoms with Crippen LogP contribution in [0.4, 0.5) is 0 Å². The van der Waals surface area contributed by atoms with Crippen LogP contribution in [0.3, 0.4) is 0 Å². The zero-order valence-corrected chi connectivity index (χ0v) is 15.0. The largest absolute Gasteiger partial charge is 0.480 e. The Hall–Kier alpha value is -2.15. The summed E-state index contributed by atoms with van der Waals surface area (Å²) < 4.78 is 5.65. The Morgan fingerprint density at radius 3 is 2.64 bits per heavy atom. The quantitative estimate of drug-likeness (QED) is 0.794. The normalized spacial score (nSPS) is 17.0. The van der Waals surface area contributed by atoms with E-state index in [0.29, 0.717) is 30.2 Å². The maximum absolute atomic E-state index is 12.5. The standard InChI is InChI=1S/C18H22N2O4S/c1-12-13(19-16(24-12)14-7-6-10-25-14)11-15(21)20-18(17(22)23)8-4-2-3-5-9-18/h6-7,10H,2-5,8-9,11H2,1H3,(H,20,21)(H,22,23). The van der Waals surface area contributed by atoms with Crippen molar-refractivity contribution in [2.24, 2.45) is 0 Å². The molecule has 134 valence electrons. The summed E-state index contributed by atoms with van der Waals surface area (Å²) >= 11 is 1.52. The Bertz CT molecular complexity index is 743. The second-order valence-corrected chi connectivity index (χ2v) is 7.47. The first kappa shape index (κ1) is 17.7. The number of nitrogens with one attached hydrogen (secondary N) is 1. The number of carbonyl (C=O) groups excluding carboxylic acids is 1.